The van der Waals surface area contributed by atoms with Crippen LogP contribution >= 0.6 is 24.0 Å². The van der Waals surface area contributed by atoms with E-state index in [1.807, 2.05) is 24.1 Å². The van der Waals surface area contributed by atoms with E-state index in [-0.39, 0.29) is 29.4 Å². The van der Waals surface area contributed by atoms with Crippen LogP contribution in [0.3, 0.4) is 0 Å². The summed E-state index contributed by atoms with van der Waals surface area (Å²) in [5.41, 5.74) is 2.90. The summed E-state index contributed by atoms with van der Waals surface area (Å²) in [6.45, 7) is 4.62. The third kappa shape index (κ3) is 4.72. The molecule has 130 valence electrons. The standard InChI is InChI=1S/C18H25N5.HI/c1-15-12-22-23(13-15)11-10-20-17(19-2)21-14-18(8-9-18)16-6-4-3-5-7-16;/h3-7,12-13H,8-11,14H2,1-2H3,(H2,19,20,21);1H. The highest BCUT2D eigenvalue weighted by atomic mass is 127. The van der Waals surface area contributed by atoms with Crippen molar-refractivity contribution in [1.29, 1.82) is 0 Å². The van der Waals surface area contributed by atoms with Crippen LogP contribution in [0, 0.1) is 6.92 Å². The van der Waals surface area contributed by atoms with Gasteiger partial charge in [-0.15, -0.1) is 24.0 Å². The number of rotatable bonds is 6. The van der Waals surface area contributed by atoms with Gasteiger partial charge in [0.2, 0.25) is 0 Å². The first-order chi connectivity index (χ1) is 11.2. The molecule has 5 nitrogen and oxygen atoms in total. The molecular formula is C18H26IN5. The summed E-state index contributed by atoms with van der Waals surface area (Å²) in [6, 6.07) is 10.8. The van der Waals surface area contributed by atoms with Crippen molar-refractivity contribution in [2.24, 2.45) is 4.99 Å². The molecule has 0 aliphatic heterocycles. The molecule has 0 bridgehead atoms. The Morgan fingerprint density at radius 2 is 2.00 bits per heavy atom. The smallest absolute Gasteiger partial charge is 0.191 e. The zero-order valence-corrected chi connectivity index (χ0v) is 16.7. The predicted molar refractivity (Wildman–Crippen MR) is 109 cm³/mol. The Morgan fingerprint density at radius 3 is 2.58 bits per heavy atom. The Hall–Kier alpha value is -1.57. The molecule has 0 unspecified atom stereocenters. The largest absolute Gasteiger partial charge is 0.356 e. The van der Waals surface area contributed by atoms with Gasteiger partial charge in [0.15, 0.2) is 5.96 Å². The van der Waals surface area contributed by atoms with Crippen LogP contribution in [0.2, 0.25) is 0 Å². The molecule has 1 heterocycles. The number of hydrogen-bond donors (Lipinski definition) is 2. The van der Waals surface area contributed by atoms with Gasteiger partial charge in [-0.25, -0.2) is 0 Å². The molecule has 0 spiro atoms. The first-order valence-electron chi connectivity index (χ1n) is 8.21. The van der Waals surface area contributed by atoms with E-state index >= 15 is 0 Å². The van der Waals surface area contributed by atoms with E-state index < -0.39 is 0 Å². The minimum absolute atomic E-state index is 0. The summed E-state index contributed by atoms with van der Waals surface area (Å²) in [6.07, 6.45) is 6.41. The van der Waals surface area contributed by atoms with Crippen LogP contribution in [0.1, 0.15) is 24.0 Å². The van der Waals surface area contributed by atoms with Gasteiger partial charge in [0.25, 0.3) is 0 Å². The fourth-order valence-corrected chi connectivity index (χ4v) is 2.86. The van der Waals surface area contributed by atoms with Crippen LogP contribution in [0.5, 0.6) is 0 Å². The molecule has 0 radical (unpaired) electrons. The first kappa shape index (κ1) is 18.8. The Morgan fingerprint density at radius 1 is 1.25 bits per heavy atom. The quantitative estimate of drug-likeness (QED) is 0.414. The van der Waals surface area contributed by atoms with Gasteiger partial charge in [-0.2, -0.15) is 5.10 Å². The van der Waals surface area contributed by atoms with Crippen LogP contribution in [-0.2, 0) is 12.0 Å². The zero-order valence-electron chi connectivity index (χ0n) is 14.3. The average Bonchev–Trinajstić information content (AvgIpc) is 3.27. The maximum atomic E-state index is 4.31. The topological polar surface area (TPSA) is 54.2 Å². The summed E-state index contributed by atoms with van der Waals surface area (Å²) in [7, 11) is 1.81. The van der Waals surface area contributed by atoms with Crippen LogP contribution < -0.4 is 10.6 Å². The highest BCUT2D eigenvalue weighted by Crippen LogP contribution is 2.47. The average molecular weight is 439 g/mol. The van der Waals surface area contributed by atoms with Crippen molar-refractivity contribution in [2.45, 2.75) is 31.7 Å². The molecular weight excluding hydrogens is 413 g/mol. The van der Waals surface area contributed by atoms with Crippen LogP contribution in [0.15, 0.2) is 47.7 Å². The molecule has 1 fully saturated rings. The lowest BCUT2D eigenvalue weighted by Crippen LogP contribution is -2.42. The van der Waals surface area contributed by atoms with Gasteiger partial charge >= 0.3 is 0 Å². The maximum absolute atomic E-state index is 4.31. The molecule has 1 saturated carbocycles. The van der Waals surface area contributed by atoms with E-state index in [0.29, 0.717) is 0 Å². The molecule has 2 N–H and O–H groups in total. The van der Waals surface area contributed by atoms with Gasteiger partial charge < -0.3 is 10.6 Å². The lowest BCUT2D eigenvalue weighted by molar-refractivity contribution is 0.590. The SMILES string of the molecule is CN=C(NCCn1cc(C)cn1)NCC1(c2ccccc2)CC1.I. The number of aliphatic imine (C=N–C) groups is 1. The van der Waals surface area contributed by atoms with Gasteiger partial charge in [-0.05, 0) is 30.9 Å². The van der Waals surface area contributed by atoms with Crippen LogP contribution in [0.25, 0.3) is 0 Å². The highest BCUT2D eigenvalue weighted by molar-refractivity contribution is 14.0. The van der Waals surface area contributed by atoms with Gasteiger partial charge in [-0.3, -0.25) is 9.67 Å². The second kappa shape index (κ2) is 8.50. The Bertz CT molecular complexity index is 661. The van der Waals surface area contributed by atoms with Crippen molar-refractivity contribution in [1.82, 2.24) is 20.4 Å². The molecule has 0 amide bonds. The second-order valence-electron chi connectivity index (χ2n) is 6.28. The van der Waals surface area contributed by atoms with Gasteiger partial charge in [-0.1, -0.05) is 30.3 Å². The lowest BCUT2D eigenvalue weighted by Gasteiger charge is -2.19. The lowest BCUT2D eigenvalue weighted by atomic mass is 9.96. The summed E-state index contributed by atoms with van der Waals surface area (Å²) >= 11 is 0. The fourth-order valence-electron chi connectivity index (χ4n) is 2.86. The second-order valence-corrected chi connectivity index (χ2v) is 6.28. The van der Waals surface area contributed by atoms with E-state index in [0.717, 1.165) is 25.6 Å². The summed E-state index contributed by atoms with van der Waals surface area (Å²) in [5, 5.41) is 11.1. The summed E-state index contributed by atoms with van der Waals surface area (Å²) in [5.74, 6) is 0.857. The summed E-state index contributed by atoms with van der Waals surface area (Å²) in [4.78, 5) is 4.31. The Balaban J connectivity index is 0.00000208. The third-order valence-electron chi connectivity index (χ3n) is 4.45. The Labute approximate surface area is 161 Å². The molecule has 3 rings (SSSR count). The number of nitrogens with zero attached hydrogens (tertiary/aromatic N) is 3. The van der Waals surface area contributed by atoms with Crippen LogP contribution in [-0.4, -0.2) is 35.9 Å². The normalized spacial score (nSPS) is 15.5. The molecule has 24 heavy (non-hydrogen) atoms. The van der Waals surface area contributed by atoms with E-state index in [1.54, 1.807) is 0 Å². The van der Waals surface area contributed by atoms with Crippen molar-refractivity contribution in [2.75, 3.05) is 20.1 Å². The van der Waals surface area contributed by atoms with Gasteiger partial charge in [0.1, 0.15) is 0 Å². The number of nitrogens with one attached hydrogen (secondary N) is 2. The molecule has 1 aromatic carbocycles. The molecule has 1 aliphatic rings. The molecule has 2 aromatic rings. The number of guanidine groups is 1. The Kier molecular flexibility index (Phi) is 6.65. The molecule has 0 saturated heterocycles. The predicted octanol–water partition coefficient (Wildman–Crippen LogP) is 2.71. The van der Waals surface area contributed by atoms with Crippen molar-refractivity contribution in [3.8, 4) is 0 Å². The minimum Gasteiger partial charge on any atom is -0.356 e. The number of benzene rings is 1. The fraction of sp³-hybridized carbons (Fsp3) is 0.444. The monoisotopic (exact) mass is 439 g/mol. The van der Waals surface area contributed by atoms with Gasteiger partial charge in [0, 0.05) is 31.7 Å². The molecule has 6 heteroatoms. The zero-order chi connectivity index (χ0) is 16.1. The van der Waals surface area contributed by atoms with Gasteiger partial charge in [0.05, 0.1) is 12.7 Å². The molecule has 1 aliphatic carbocycles. The number of aromatic nitrogens is 2. The molecule has 1 aromatic heterocycles. The highest BCUT2D eigenvalue weighted by Gasteiger charge is 2.43. The minimum atomic E-state index is 0. The van der Waals surface area contributed by atoms with Crippen molar-refractivity contribution < 1.29 is 0 Å². The maximum Gasteiger partial charge on any atom is 0.191 e. The van der Waals surface area contributed by atoms with Crippen molar-refractivity contribution in [3.63, 3.8) is 0 Å². The number of aryl methyl sites for hydroxylation is 1. The number of hydrogen-bond acceptors (Lipinski definition) is 2. The van der Waals surface area contributed by atoms with E-state index in [9.17, 15) is 0 Å². The first-order valence-corrected chi connectivity index (χ1v) is 8.21. The van der Waals surface area contributed by atoms with Crippen LogP contribution in [0.4, 0.5) is 0 Å². The molecule has 0 atom stereocenters. The van der Waals surface area contributed by atoms with Crippen molar-refractivity contribution in [3.05, 3.63) is 53.9 Å². The van der Waals surface area contributed by atoms with Crippen molar-refractivity contribution >= 4 is 29.9 Å². The van der Waals surface area contributed by atoms with E-state index in [2.05, 4.69) is 58.0 Å². The van der Waals surface area contributed by atoms with E-state index in [1.165, 1.54) is 24.0 Å². The summed E-state index contributed by atoms with van der Waals surface area (Å²) < 4.78 is 1.95. The van der Waals surface area contributed by atoms with E-state index in [4.69, 9.17) is 0 Å². The third-order valence-corrected chi connectivity index (χ3v) is 4.45. The number of halogens is 1.